The number of hydrogen-bond acceptors (Lipinski definition) is 4. The number of methoxy groups -OCH3 is 1. The van der Waals surface area contributed by atoms with Gasteiger partial charge in [0.15, 0.2) is 11.5 Å². The Bertz CT molecular complexity index is 573. The topological polar surface area (TPSA) is 47.9 Å². The Morgan fingerprint density at radius 3 is 2.65 bits per heavy atom. The third kappa shape index (κ3) is 2.36. The fourth-order valence-corrected chi connectivity index (χ4v) is 2.93. The number of benzene rings is 1. The van der Waals surface area contributed by atoms with E-state index in [0.29, 0.717) is 5.75 Å². The average molecular weight is 338 g/mol. The second-order valence-electron chi connectivity index (χ2n) is 5.39. The number of nitrogens with zero attached hydrogens (tertiary/aromatic N) is 1. The molecule has 4 nitrogen and oxygen atoms in total. The van der Waals surface area contributed by atoms with Gasteiger partial charge in [-0.25, -0.2) is 4.79 Å². The van der Waals surface area contributed by atoms with Crippen LogP contribution in [0.15, 0.2) is 21.6 Å². The number of carbonyl (C=O) groups excluding carboxylic acids is 1. The van der Waals surface area contributed by atoms with Crippen molar-refractivity contribution in [2.24, 2.45) is 4.99 Å². The molecular weight excluding hydrogens is 322 g/mol. The summed E-state index contributed by atoms with van der Waals surface area (Å²) in [6, 6.07) is 3.86. The fourth-order valence-electron chi connectivity index (χ4n) is 2.49. The van der Waals surface area contributed by atoms with Crippen molar-refractivity contribution in [1.82, 2.24) is 0 Å². The van der Waals surface area contributed by atoms with E-state index in [2.05, 4.69) is 20.9 Å². The number of hydrogen-bond donors (Lipinski definition) is 0. The minimum atomic E-state index is -0.460. The zero-order valence-electron chi connectivity index (χ0n) is 11.3. The molecule has 2 saturated carbocycles. The minimum absolute atomic E-state index is 0.250. The van der Waals surface area contributed by atoms with Crippen LogP contribution in [0.25, 0.3) is 0 Å². The first-order valence-electron chi connectivity index (χ1n) is 6.82. The predicted molar refractivity (Wildman–Crippen MR) is 78.0 cm³/mol. The van der Waals surface area contributed by atoms with Gasteiger partial charge >= 0.3 is 0 Å². The minimum Gasteiger partial charge on any atom is -0.493 e. The van der Waals surface area contributed by atoms with E-state index in [1.54, 1.807) is 13.2 Å². The molecule has 2 aliphatic carbocycles. The number of ether oxygens (including phenoxy) is 2. The van der Waals surface area contributed by atoms with Gasteiger partial charge in [0.05, 0.1) is 13.2 Å². The molecule has 0 aromatic heterocycles. The zero-order chi connectivity index (χ0) is 14.2. The van der Waals surface area contributed by atoms with E-state index in [-0.39, 0.29) is 6.10 Å². The third-order valence-electron chi connectivity index (χ3n) is 4.06. The molecule has 5 heteroatoms. The third-order valence-corrected chi connectivity index (χ3v) is 4.52. The molecule has 3 rings (SSSR count). The molecule has 0 N–H and O–H groups in total. The van der Waals surface area contributed by atoms with Crippen LogP contribution in [-0.2, 0) is 10.3 Å². The van der Waals surface area contributed by atoms with Gasteiger partial charge in [0.1, 0.15) is 5.54 Å². The Morgan fingerprint density at radius 1 is 1.40 bits per heavy atom. The molecule has 0 amide bonds. The van der Waals surface area contributed by atoms with Crippen molar-refractivity contribution in [3.05, 3.63) is 22.2 Å². The summed E-state index contributed by atoms with van der Waals surface area (Å²) in [6.07, 6.45) is 7.00. The lowest BCUT2D eigenvalue weighted by atomic mass is 9.95. The fraction of sp³-hybridized carbons (Fsp3) is 0.533. The van der Waals surface area contributed by atoms with Crippen LogP contribution < -0.4 is 9.47 Å². The first-order valence-corrected chi connectivity index (χ1v) is 7.61. The summed E-state index contributed by atoms with van der Waals surface area (Å²) >= 11 is 3.48. The van der Waals surface area contributed by atoms with Gasteiger partial charge in [-0.3, -0.25) is 0 Å². The Morgan fingerprint density at radius 2 is 2.15 bits per heavy atom. The molecule has 1 aromatic carbocycles. The predicted octanol–water partition coefficient (Wildman–Crippen LogP) is 3.71. The quantitative estimate of drug-likeness (QED) is 0.607. The average Bonchev–Trinajstić information content (AvgIpc) is 3.15. The first kappa shape index (κ1) is 13.7. The monoisotopic (exact) mass is 337 g/mol. The molecule has 0 atom stereocenters. The van der Waals surface area contributed by atoms with Gasteiger partial charge in [0.25, 0.3) is 0 Å². The van der Waals surface area contributed by atoms with Gasteiger partial charge in [0.2, 0.25) is 6.08 Å². The highest BCUT2D eigenvalue weighted by molar-refractivity contribution is 9.10. The van der Waals surface area contributed by atoms with Crippen LogP contribution in [0, 0.1) is 0 Å². The highest BCUT2D eigenvalue weighted by Gasteiger charge is 2.48. The van der Waals surface area contributed by atoms with Crippen molar-refractivity contribution in [2.45, 2.75) is 43.7 Å². The maximum Gasteiger partial charge on any atom is 0.235 e. The van der Waals surface area contributed by atoms with E-state index in [4.69, 9.17) is 9.47 Å². The van der Waals surface area contributed by atoms with E-state index in [9.17, 15) is 4.79 Å². The van der Waals surface area contributed by atoms with Gasteiger partial charge < -0.3 is 9.47 Å². The maximum atomic E-state index is 10.7. The van der Waals surface area contributed by atoms with Gasteiger partial charge in [-0.05, 0) is 44.2 Å². The summed E-state index contributed by atoms with van der Waals surface area (Å²) in [5, 5.41) is 0. The SMILES string of the molecule is COc1cc(Br)cc(C2(N=C=O)CC2)c1OC1CCC1. The van der Waals surface area contributed by atoms with E-state index >= 15 is 0 Å². The summed E-state index contributed by atoms with van der Waals surface area (Å²) in [6.45, 7) is 0. The van der Waals surface area contributed by atoms with Crippen LogP contribution in [0.3, 0.4) is 0 Å². The Kier molecular flexibility index (Phi) is 3.57. The van der Waals surface area contributed by atoms with Crippen molar-refractivity contribution < 1.29 is 14.3 Å². The molecule has 2 fully saturated rings. The van der Waals surface area contributed by atoms with Gasteiger partial charge in [0, 0.05) is 10.0 Å². The molecule has 0 saturated heterocycles. The van der Waals surface area contributed by atoms with Crippen LogP contribution in [0.5, 0.6) is 11.5 Å². The van der Waals surface area contributed by atoms with Crippen molar-refractivity contribution in [3.8, 4) is 11.5 Å². The smallest absolute Gasteiger partial charge is 0.235 e. The van der Waals surface area contributed by atoms with Crippen molar-refractivity contribution in [2.75, 3.05) is 7.11 Å². The van der Waals surface area contributed by atoms with Crippen LogP contribution in [0.4, 0.5) is 0 Å². The molecular formula is C15H16BrNO3. The largest absolute Gasteiger partial charge is 0.493 e. The number of rotatable bonds is 5. The van der Waals surface area contributed by atoms with Crippen molar-refractivity contribution in [3.63, 3.8) is 0 Å². The van der Waals surface area contributed by atoms with E-state index in [1.165, 1.54) is 6.42 Å². The molecule has 0 bridgehead atoms. The zero-order valence-corrected chi connectivity index (χ0v) is 12.9. The summed E-state index contributed by atoms with van der Waals surface area (Å²) < 4.78 is 12.4. The van der Waals surface area contributed by atoms with Crippen LogP contribution >= 0.6 is 15.9 Å². The summed E-state index contributed by atoms with van der Waals surface area (Å²) in [5.41, 5.74) is 0.469. The molecule has 1 aromatic rings. The molecule has 0 radical (unpaired) electrons. The first-order chi connectivity index (χ1) is 9.68. The van der Waals surface area contributed by atoms with Crippen LogP contribution in [0.1, 0.15) is 37.7 Å². The lowest BCUT2D eigenvalue weighted by molar-refractivity contribution is 0.114. The molecule has 0 aliphatic heterocycles. The van der Waals surface area contributed by atoms with E-state index < -0.39 is 5.54 Å². The number of aliphatic imine (C=N–C) groups is 1. The molecule has 0 spiro atoms. The standard InChI is InChI=1S/C15H16BrNO3/c1-19-13-8-10(16)7-12(15(5-6-15)17-9-18)14(13)20-11-3-2-4-11/h7-8,11H,2-6H2,1H3. The highest BCUT2D eigenvalue weighted by Crippen LogP contribution is 2.55. The van der Waals surface area contributed by atoms with Crippen LogP contribution in [-0.4, -0.2) is 19.3 Å². The van der Waals surface area contributed by atoms with Gasteiger partial charge in [-0.15, -0.1) is 0 Å². The lowest BCUT2D eigenvalue weighted by Crippen LogP contribution is -2.26. The molecule has 106 valence electrons. The normalized spacial score (nSPS) is 19.7. The van der Waals surface area contributed by atoms with Gasteiger partial charge in [-0.1, -0.05) is 15.9 Å². The van der Waals surface area contributed by atoms with Crippen molar-refractivity contribution >= 4 is 22.0 Å². The molecule has 0 unspecified atom stereocenters. The summed E-state index contributed by atoms with van der Waals surface area (Å²) in [7, 11) is 1.63. The summed E-state index contributed by atoms with van der Waals surface area (Å²) in [5.74, 6) is 1.42. The van der Waals surface area contributed by atoms with Gasteiger partial charge in [-0.2, -0.15) is 4.99 Å². The second kappa shape index (κ2) is 5.23. The molecule has 20 heavy (non-hydrogen) atoms. The van der Waals surface area contributed by atoms with E-state index in [0.717, 1.165) is 41.5 Å². The number of halogens is 1. The summed E-state index contributed by atoms with van der Waals surface area (Å²) in [4.78, 5) is 14.7. The van der Waals surface area contributed by atoms with Crippen LogP contribution in [0.2, 0.25) is 0 Å². The highest BCUT2D eigenvalue weighted by atomic mass is 79.9. The van der Waals surface area contributed by atoms with E-state index in [1.807, 2.05) is 12.1 Å². The second-order valence-corrected chi connectivity index (χ2v) is 6.31. The lowest BCUT2D eigenvalue weighted by Gasteiger charge is -2.29. The Labute approximate surface area is 126 Å². The molecule has 2 aliphatic rings. The van der Waals surface area contributed by atoms with Crippen molar-refractivity contribution in [1.29, 1.82) is 0 Å². The Balaban J connectivity index is 2.05. The number of isocyanates is 1. The Hall–Kier alpha value is -1.32. The maximum absolute atomic E-state index is 10.7. The molecule has 0 heterocycles.